The Kier molecular flexibility index (Phi) is 12.0. The number of guanidine groups is 1. The van der Waals surface area contributed by atoms with Crippen LogP contribution in [0.2, 0.25) is 0 Å². The SMILES string of the molecule is COCCOCCCCNC(=NCC(C)C)NN. The minimum absolute atomic E-state index is 0.532. The van der Waals surface area contributed by atoms with Gasteiger partial charge in [0.05, 0.1) is 13.2 Å². The van der Waals surface area contributed by atoms with Crippen LogP contribution >= 0.6 is 0 Å². The second-order valence-electron chi connectivity index (χ2n) is 4.47. The summed E-state index contributed by atoms with van der Waals surface area (Å²) >= 11 is 0. The van der Waals surface area contributed by atoms with Crippen LogP contribution < -0.4 is 16.6 Å². The summed E-state index contributed by atoms with van der Waals surface area (Å²) in [6.45, 7) is 7.93. The Labute approximate surface area is 110 Å². The molecule has 0 bridgehead atoms. The largest absolute Gasteiger partial charge is 0.382 e. The van der Waals surface area contributed by atoms with Gasteiger partial charge in [-0.2, -0.15) is 0 Å². The predicted octanol–water partition coefficient (Wildman–Crippen LogP) is 0.495. The molecular weight excluding hydrogens is 232 g/mol. The fourth-order valence-electron chi connectivity index (χ4n) is 1.21. The van der Waals surface area contributed by atoms with Gasteiger partial charge in [-0.15, -0.1) is 0 Å². The summed E-state index contributed by atoms with van der Waals surface area (Å²) in [6, 6.07) is 0. The molecule has 0 aromatic heterocycles. The molecule has 0 fully saturated rings. The maximum absolute atomic E-state index is 5.37. The number of rotatable bonds is 10. The van der Waals surface area contributed by atoms with E-state index in [0.29, 0.717) is 25.1 Å². The molecule has 0 rings (SSSR count). The number of hydrazine groups is 1. The third-order valence-electron chi connectivity index (χ3n) is 2.19. The third kappa shape index (κ3) is 11.6. The van der Waals surface area contributed by atoms with Crippen LogP contribution in [-0.4, -0.2) is 46.0 Å². The van der Waals surface area contributed by atoms with E-state index in [-0.39, 0.29) is 0 Å². The number of hydrogen-bond acceptors (Lipinski definition) is 4. The number of unbranched alkanes of at least 4 members (excludes halogenated alkanes) is 1. The Morgan fingerprint density at radius 3 is 2.61 bits per heavy atom. The molecule has 0 aliphatic heterocycles. The van der Waals surface area contributed by atoms with E-state index >= 15 is 0 Å². The number of hydrogen-bond donors (Lipinski definition) is 3. The first-order valence-corrected chi connectivity index (χ1v) is 6.52. The Morgan fingerprint density at radius 2 is 2.00 bits per heavy atom. The molecule has 0 saturated heterocycles. The highest BCUT2D eigenvalue weighted by Gasteiger charge is 1.97. The van der Waals surface area contributed by atoms with Crippen molar-refractivity contribution in [2.24, 2.45) is 16.8 Å². The predicted molar refractivity (Wildman–Crippen MR) is 74.4 cm³/mol. The molecule has 108 valence electrons. The minimum Gasteiger partial charge on any atom is -0.382 e. The maximum Gasteiger partial charge on any atom is 0.205 e. The molecule has 4 N–H and O–H groups in total. The smallest absolute Gasteiger partial charge is 0.205 e. The fourth-order valence-corrected chi connectivity index (χ4v) is 1.21. The summed E-state index contributed by atoms with van der Waals surface area (Å²) in [7, 11) is 1.67. The van der Waals surface area contributed by atoms with Gasteiger partial charge in [0.15, 0.2) is 0 Å². The Morgan fingerprint density at radius 1 is 1.22 bits per heavy atom. The molecule has 0 atom stereocenters. The topological polar surface area (TPSA) is 80.9 Å². The van der Waals surface area contributed by atoms with Crippen molar-refractivity contribution >= 4 is 5.96 Å². The van der Waals surface area contributed by atoms with Crippen molar-refractivity contribution < 1.29 is 9.47 Å². The van der Waals surface area contributed by atoms with Gasteiger partial charge in [-0.1, -0.05) is 13.8 Å². The van der Waals surface area contributed by atoms with E-state index in [2.05, 4.69) is 29.6 Å². The van der Waals surface area contributed by atoms with Gasteiger partial charge in [0, 0.05) is 26.8 Å². The van der Waals surface area contributed by atoms with Crippen molar-refractivity contribution in [3.05, 3.63) is 0 Å². The lowest BCUT2D eigenvalue weighted by Gasteiger charge is -2.10. The summed E-state index contributed by atoms with van der Waals surface area (Å²) in [5.74, 6) is 6.56. The van der Waals surface area contributed by atoms with Gasteiger partial charge in [0.1, 0.15) is 0 Å². The second kappa shape index (κ2) is 12.6. The molecule has 6 heteroatoms. The highest BCUT2D eigenvalue weighted by molar-refractivity contribution is 5.79. The lowest BCUT2D eigenvalue weighted by Crippen LogP contribution is -2.42. The number of nitrogens with zero attached hydrogens (tertiary/aromatic N) is 1. The van der Waals surface area contributed by atoms with Crippen LogP contribution in [0.15, 0.2) is 4.99 Å². The van der Waals surface area contributed by atoms with Gasteiger partial charge in [-0.05, 0) is 18.8 Å². The molecule has 0 aliphatic rings. The zero-order chi connectivity index (χ0) is 13.6. The molecular formula is C12H28N4O2. The number of nitrogens with two attached hydrogens (primary N) is 1. The second-order valence-corrected chi connectivity index (χ2v) is 4.47. The highest BCUT2D eigenvalue weighted by atomic mass is 16.5. The molecule has 0 heterocycles. The first-order chi connectivity index (χ1) is 8.70. The van der Waals surface area contributed by atoms with Crippen molar-refractivity contribution in [2.75, 3.05) is 40.0 Å². The van der Waals surface area contributed by atoms with E-state index in [1.807, 2.05) is 0 Å². The van der Waals surface area contributed by atoms with E-state index < -0.39 is 0 Å². The highest BCUT2D eigenvalue weighted by Crippen LogP contribution is 1.92. The third-order valence-corrected chi connectivity index (χ3v) is 2.19. The average Bonchev–Trinajstić information content (AvgIpc) is 2.36. The average molecular weight is 260 g/mol. The number of nitrogens with one attached hydrogen (secondary N) is 2. The molecule has 0 aromatic carbocycles. The normalized spacial score (nSPS) is 11.9. The van der Waals surface area contributed by atoms with Crippen molar-refractivity contribution in [2.45, 2.75) is 26.7 Å². The summed E-state index contributed by atoms with van der Waals surface area (Å²) < 4.78 is 10.2. The Bertz CT molecular complexity index is 210. The quantitative estimate of drug-likeness (QED) is 0.175. The standard InChI is InChI=1S/C12H28N4O2/c1-11(2)10-15-12(16-13)14-6-4-5-7-18-9-8-17-3/h11H,4-10,13H2,1-3H3,(H2,14,15,16). The lowest BCUT2D eigenvalue weighted by atomic mass is 10.2. The zero-order valence-corrected chi connectivity index (χ0v) is 11.9. The monoisotopic (exact) mass is 260 g/mol. The number of ether oxygens (including phenoxy) is 2. The van der Waals surface area contributed by atoms with E-state index in [0.717, 1.165) is 32.5 Å². The van der Waals surface area contributed by atoms with E-state index in [9.17, 15) is 0 Å². The fraction of sp³-hybridized carbons (Fsp3) is 0.917. The van der Waals surface area contributed by atoms with Crippen LogP contribution in [0.25, 0.3) is 0 Å². The number of aliphatic imine (C=N–C) groups is 1. The molecule has 18 heavy (non-hydrogen) atoms. The van der Waals surface area contributed by atoms with Gasteiger partial charge in [0.2, 0.25) is 5.96 Å². The molecule has 0 aromatic rings. The van der Waals surface area contributed by atoms with Crippen LogP contribution in [0.5, 0.6) is 0 Å². The minimum atomic E-state index is 0.532. The van der Waals surface area contributed by atoms with Gasteiger partial charge in [-0.3, -0.25) is 10.4 Å². The Hall–Kier alpha value is -0.850. The van der Waals surface area contributed by atoms with Gasteiger partial charge < -0.3 is 14.8 Å². The molecule has 0 saturated carbocycles. The van der Waals surface area contributed by atoms with Gasteiger partial charge >= 0.3 is 0 Å². The number of methoxy groups -OCH3 is 1. The van der Waals surface area contributed by atoms with Crippen LogP contribution in [0.3, 0.4) is 0 Å². The first kappa shape index (κ1) is 17.2. The van der Waals surface area contributed by atoms with E-state index in [1.165, 1.54) is 0 Å². The zero-order valence-electron chi connectivity index (χ0n) is 11.9. The summed E-state index contributed by atoms with van der Waals surface area (Å²) in [5, 5.41) is 3.16. The molecule has 0 unspecified atom stereocenters. The molecule has 0 radical (unpaired) electrons. The van der Waals surface area contributed by atoms with Crippen LogP contribution in [0.4, 0.5) is 0 Å². The van der Waals surface area contributed by atoms with E-state index in [1.54, 1.807) is 7.11 Å². The summed E-state index contributed by atoms with van der Waals surface area (Å²) in [5.41, 5.74) is 2.57. The van der Waals surface area contributed by atoms with E-state index in [4.69, 9.17) is 15.3 Å². The van der Waals surface area contributed by atoms with Crippen molar-refractivity contribution in [1.82, 2.24) is 10.7 Å². The van der Waals surface area contributed by atoms with Gasteiger partial charge in [0.25, 0.3) is 0 Å². The Balaban J connectivity index is 3.42. The summed E-state index contributed by atoms with van der Waals surface area (Å²) in [4.78, 5) is 4.32. The van der Waals surface area contributed by atoms with Crippen molar-refractivity contribution in [3.8, 4) is 0 Å². The van der Waals surface area contributed by atoms with Crippen molar-refractivity contribution in [1.29, 1.82) is 0 Å². The molecule has 0 amide bonds. The maximum atomic E-state index is 5.37. The van der Waals surface area contributed by atoms with Crippen LogP contribution in [0, 0.1) is 5.92 Å². The molecule has 6 nitrogen and oxygen atoms in total. The van der Waals surface area contributed by atoms with Crippen LogP contribution in [-0.2, 0) is 9.47 Å². The van der Waals surface area contributed by atoms with Crippen molar-refractivity contribution in [3.63, 3.8) is 0 Å². The summed E-state index contributed by atoms with van der Waals surface area (Å²) in [6.07, 6.45) is 2.04. The van der Waals surface area contributed by atoms with Gasteiger partial charge in [-0.25, -0.2) is 5.84 Å². The molecule has 0 aliphatic carbocycles. The lowest BCUT2D eigenvalue weighted by molar-refractivity contribution is 0.0689. The first-order valence-electron chi connectivity index (χ1n) is 6.52. The molecule has 0 spiro atoms. The van der Waals surface area contributed by atoms with Crippen LogP contribution in [0.1, 0.15) is 26.7 Å².